The molecule has 0 bridgehead atoms. The van der Waals surface area contributed by atoms with Crippen LogP contribution in [0.4, 0.5) is 10.2 Å². The van der Waals surface area contributed by atoms with E-state index in [0.717, 1.165) is 5.39 Å². The van der Waals surface area contributed by atoms with Crippen molar-refractivity contribution in [2.75, 3.05) is 19.5 Å². The summed E-state index contributed by atoms with van der Waals surface area (Å²) < 4.78 is 18.3. The fourth-order valence-corrected chi connectivity index (χ4v) is 1.42. The zero-order valence-electron chi connectivity index (χ0n) is 8.54. The molecule has 0 aliphatic rings. The lowest BCUT2D eigenvalue weighted by Crippen LogP contribution is -1.93. The van der Waals surface area contributed by atoms with Gasteiger partial charge < -0.3 is 10.1 Å². The molecule has 15 heavy (non-hydrogen) atoms. The molecule has 2 aromatic rings. The Balaban J connectivity index is 2.65. The van der Waals surface area contributed by atoms with Gasteiger partial charge in [0.15, 0.2) is 11.6 Å². The standard InChI is InChI=1S/C11H11FN2O/c1-13-11-4-3-7-5-10(15-2)8(12)6-9(7)14-11/h3-6H,1-2H3,(H,13,14). The van der Waals surface area contributed by atoms with Crippen molar-refractivity contribution in [1.82, 2.24) is 4.98 Å². The number of anilines is 1. The fourth-order valence-electron chi connectivity index (χ4n) is 1.42. The van der Waals surface area contributed by atoms with Gasteiger partial charge >= 0.3 is 0 Å². The summed E-state index contributed by atoms with van der Waals surface area (Å²) in [5.74, 6) is 0.555. The molecule has 0 aliphatic heterocycles. The van der Waals surface area contributed by atoms with Crippen LogP contribution in [-0.4, -0.2) is 19.1 Å². The molecule has 2 rings (SSSR count). The largest absolute Gasteiger partial charge is 0.494 e. The van der Waals surface area contributed by atoms with E-state index in [4.69, 9.17) is 4.74 Å². The molecule has 0 fully saturated rings. The molecule has 1 aromatic heterocycles. The number of methoxy groups -OCH3 is 1. The van der Waals surface area contributed by atoms with Gasteiger partial charge in [-0.1, -0.05) is 0 Å². The van der Waals surface area contributed by atoms with E-state index in [-0.39, 0.29) is 5.75 Å². The molecule has 4 heteroatoms. The highest BCUT2D eigenvalue weighted by atomic mass is 19.1. The number of benzene rings is 1. The summed E-state index contributed by atoms with van der Waals surface area (Å²) in [6, 6.07) is 6.71. The molecule has 0 atom stereocenters. The van der Waals surface area contributed by atoms with Gasteiger partial charge in [0.1, 0.15) is 5.82 Å². The lowest BCUT2D eigenvalue weighted by molar-refractivity contribution is 0.387. The minimum absolute atomic E-state index is 0.238. The van der Waals surface area contributed by atoms with Crippen LogP contribution < -0.4 is 10.1 Å². The van der Waals surface area contributed by atoms with E-state index in [1.165, 1.54) is 13.2 Å². The normalized spacial score (nSPS) is 10.3. The monoisotopic (exact) mass is 206 g/mol. The number of hydrogen-bond acceptors (Lipinski definition) is 3. The number of halogens is 1. The summed E-state index contributed by atoms with van der Waals surface area (Å²) >= 11 is 0. The SMILES string of the molecule is CNc1ccc2cc(OC)c(F)cc2n1. The van der Waals surface area contributed by atoms with Crippen LogP contribution in [0, 0.1) is 5.82 Å². The Morgan fingerprint density at radius 2 is 2.13 bits per heavy atom. The Morgan fingerprint density at radius 1 is 1.33 bits per heavy atom. The summed E-state index contributed by atoms with van der Waals surface area (Å²) in [7, 11) is 3.22. The molecular formula is C11H11FN2O. The third kappa shape index (κ3) is 1.70. The Labute approximate surface area is 86.9 Å². The van der Waals surface area contributed by atoms with Crippen LogP contribution in [0.25, 0.3) is 10.9 Å². The first-order valence-electron chi connectivity index (χ1n) is 4.56. The van der Waals surface area contributed by atoms with Gasteiger partial charge in [-0.15, -0.1) is 0 Å². The summed E-state index contributed by atoms with van der Waals surface area (Å²) in [6.45, 7) is 0. The lowest BCUT2D eigenvalue weighted by atomic mass is 10.2. The number of nitrogens with zero attached hydrogens (tertiary/aromatic N) is 1. The number of fused-ring (bicyclic) bond motifs is 1. The Kier molecular flexibility index (Phi) is 2.41. The highest BCUT2D eigenvalue weighted by Crippen LogP contribution is 2.24. The smallest absolute Gasteiger partial charge is 0.167 e. The summed E-state index contributed by atoms with van der Waals surface area (Å²) in [5, 5.41) is 3.76. The number of rotatable bonds is 2. The van der Waals surface area contributed by atoms with Crippen LogP contribution in [0.1, 0.15) is 0 Å². The molecule has 3 nitrogen and oxygen atoms in total. The Hall–Kier alpha value is -1.84. The summed E-state index contributed by atoms with van der Waals surface area (Å²) in [5.41, 5.74) is 0.611. The van der Waals surface area contributed by atoms with Crippen molar-refractivity contribution < 1.29 is 9.13 Å². The lowest BCUT2D eigenvalue weighted by Gasteiger charge is -2.05. The van der Waals surface area contributed by atoms with E-state index in [2.05, 4.69) is 10.3 Å². The second-order valence-corrected chi connectivity index (χ2v) is 3.13. The Bertz CT molecular complexity index is 499. The highest BCUT2D eigenvalue weighted by Gasteiger charge is 2.05. The van der Waals surface area contributed by atoms with Gasteiger partial charge in [-0.3, -0.25) is 0 Å². The zero-order chi connectivity index (χ0) is 10.8. The fraction of sp³-hybridized carbons (Fsp3) is 0.182. The first-order valence-corrected chi connectivity index (χ1v) is 4.56. The molecule has 0 radical (unpaired) electrons. The van der Waals surface area contributed by atoms with Crippen molar-refractivity contribution in [1.29, 1.82) is 0 Å². The minimum Gasteiger partial charge on any atom is -0.494 e. The van der Waals surface area contributed by atoms with Crippen LogP contribution >= 0.6 is 0 Å². The topological polar surface area (TPSA) is 34.1 Å². The molecule has 0 amide bonds. The van der Waals surface area contributed by atoms with Gasteiger partial charge in [-0.05, 0) is 18.2 Å². The number of nitrogens with one attached hydrogen (secondary N) is 1. The molecule has 0 unspecified atom stereocenters. The third-order valence-corrected chi connectivity index (χ3v) is 2.22. The Morgan fingerprint density at radius 3 is 2.80 bits per heavy atom. The van der Waals surface area contributed by atoms with Crippen LogP contribution in [-0.2, 0) is 0 Å². The maximum absolute atomic E-state index is 13.4. The maximum atomic E-state index is 13.4. The van der Waals surface area contributed by atoms with Crippen molar-refractivity contribution in [2.45, 2.75) is 0 Å². The molecule has 1 aromatic carbocycles. The van der Waals surface area contributed by atoms with Crippen molar-refractivity contribution in [3.8, 4) is 5.75 Å². The van der Waals surface area contributed by atoms with E-state index >= 15 is 0 Å². The van der Waals surface area contributed by atoms with E-state index in [1.54, 1.807) is 13.1 Å². The van der Waals surface area contributed by atoms with Gasteiger partial charge in [0, 0.05) is 18.5 Å². The van der Waals surface area contributed by atoms with E-state index in [1.807, 2.05) is 12.1 Å². The average Bonchev–Trinajstić information content (AvgIpc) is 2.27. The van der Waals surface area contributed by atoms with Gasteiger partial charge in [0.05, 0.1) is 12.6 Å². The molecule has 0 saturated heterocycles. The number of pyridine rings is 1. The molecular weight excluding hydrogens is 195 g/mol. The van der Waals surface area contributed by atoms with Gasteiger partial charge in [0.2, 0.25) is 0 Å². The second kappa shape index (κ2) is 3.73. The first-order chi connectivity index (χ1) is 7.24. The maximum Gasteiger partial charge on any atom is 0.167 e. The first kappa shape index (κ1) is 9.71. The van der Waals surface area contributed by atoms with Crippen molar-refractivity contribution in [3.05, 3.63) is 30.1 Å². The second-order valence-electron chi connectivity index (χ2n) is 3.13. The molecule has 0 saturated carbocycles. The number of aromatic nitrogens is 1. The average molecular weight is 206 g/mol. The van der Waals surface area contributed by atoms with E-state index in [9.17, 15) is 4.39 Å². The van der Waals surface area contributed by atoms with E-state index in [0.29, 0.717) is 11.3 Å². The van der Waals surface area contributed by atoms with Crippen molar-refractivity contribution >= 4 is 16.7 Å². The third-order valence-electron chi connectivity index (χ3n) is 2.22. The number of ether oxygens (including phenoxy) is 1. The predicted octanol–water partition coefficient (Wildman–Crippen LogP) is 2.42. The van der Waals surface area contributed by atoms with Crippen molar-refractivity contribution in [3.63, 3.8) is 0 Å². The van der Waals surface area contributed by atoms with Crippen LogP contribution in [0.2, 0.25) is 0 Å². The van der Waals surface area contributed by atoms with Crippen LogP contribution in [0.15, 0.2) is 24.3 Å². The van der Waals surface area contributed by atoms with Crippen LogP contribution in [0.5, 0.6) is 5.75 Å². The van der Waals surface area contributed by atoms with E-state index < -0.39 is 5.82 Å². The van der Waals surface area contributed by atoms with Crippen molar-refractivity contribution in [2.24, 2.45) is 0 Å². The zero-order valence-corrected chi connectivity index (χ0v) is 8.54. The quantitative estimate of drug-likeness (QED) is 0.819. The van der Waals surface area contributed by atoms with Gasteiger partial charge in [-0.2, -0.15) is 0 Å². The predicted molar refractivity (Wildman–Crippen MR) is 57.8 cm³/mol. The van der Waals surface area contributed by atoms with Gasteiger partial charge in [-0.25, -0.2) is 9.37 Å². The molecule has 1 N–H and O–H groups in total. The summed E-state index contributed by atoms with van der Waals surface area (Å²) in [6.07, 6.45) is 0. The van der Waals surface area contributed by atoms with Gasteiger partial charge in [0.25, 0.3) is 0 Å². The molecule has 78 valence electrons. The molecule has 1 heterocycles. The minimum atomic E-state index is -0.397. The summed E-state index contributed by atoms with van der Waals surface area (Å²) in [4.78, 5) is 4.22. The molecule has 0 spiro atoms. The highest BCUT2D eigenvalue weighted by molar-refractivity contribution is 5.81. The number of hydrogen-bond donors (Lipinski definition) is 1. The molecule has 0 aliphatic carbocycles. The van der Waals surface area contributed by atoms with Crippen LogP contribution in [0.3, 0.4) is 0 Å².